The summed E-state index contributed by atoms with van der Waals surface area (Å²) in [6, 6.07) is 0. The van der Waals surface area contributed by atoms with Gasteiger partial charge in [0.15, 0.2) is 6.10 Å². The van der Waals surface area contributed by atoms with E-state index in [1.807, 2.05) is 20.8 Å². The smallest absolute Gasteiger partial charge is 0.253 e. The van der Waals surface area contributed by atoms with E-state index in [9.17, 15) is 24.6 Å². The monoisotopic (exact) mass is 420 g/mol. The van der Waals surface area contributed by atoms with Crippen LogP contribution in [0.3, 0.4) is 0 Å². The highest BCUT2D eigenvalue weighted by molar-refractivity contribution is 6.07. The van der Waals surface area contributed by atoms with E-state index in [2.05, 4.69) is 18.3 Å². The number of rotatable bonds is 10. The Morgan fingerprint density at radius 1 is 1.30 bits per heavy atom. The molecule has 0 unspecified atom stereocenters. The van der Waals surface area contributed by atoms with Crippen LogP contribution in [-0.4, -0.2) is 52.2 Å². The van der Waals surface area contributed by atoms with E-state index in [1.54, 1.807) is 6.08 Å². The lowest BCUT2D eigenvalue weighted by Crippen LogP contribution is -2.44. The molecule has 2 rings (SSSR count). The first kappa shape index (κ1) is 24.0. The van der Waals surface area contributed by atoms with Gasteiger partial charge in [-0.1, -0.05) is 31.6 Å². The van der Waals surface area contributed by atoms with Crippen molar-refractivity contribution in [1.29, 1.82) is 0 Å². The molecule has 5 atom stereocenters. The van der Waals surface area contributed by atoms with Crippen molar-refractivity contribution >= 4 is 17.6 Å². The minimum Gasteiger partial charge on any atom is -0.391 e. The first-order valence-electron chi connectivity index (χ1n) is 10.2. The molecule has 1 fully saturated rings. The number of aliphatic hydroxyl groups excluding tert-OH is 1. The number of carbonyl (C=O) groups is 3. The van der Waals surface area contributed by atoms with Gasteiger partial charge in [0.05, 0.1) is 12.3 Å². The van der Waals surface area contributed by atoms with Crippen molar-refractivity contribution in [3.05, 3.63) is 35.1 Å². The number of hydrogen-bond acceptors (Lipinski definition) is 6. The fourth-order valence-electron chi connectivity index (χ4n) is 3.92. The number of aliphatic hydroxyl groups is 2. The van der Waals surface area contributed by atoms with Crippen LogP contribution in [0.2, 0.25) is 0 Å². The van der Waals surface area contributed by atoms with Crippen LogP contribution in [0.15, 0.2) is 35.1 Å². The number of nitrogens with one attached hydrogen (secondary N) is 1. The summed E-state index contributed by atoms with van der Waals surface area (Å²) in [4.78, 5) is 36.1. The Morgan fingerprint density at radius 3 is 2.50 bits per heavy atom. The van der Waals surface area contributed by atoms with Gasteiger partial charge in [0.25, 0.3) is 5.91 Å². The largest absolute Gasteiger partial charge is 0.391 e. The SMILES string of the molecule is CC(C)=C[C@H](C)C[C@H](C)/C=C(\CO)C(=O)NC1=C[C@](O)(CCC(N)=O)[C@H]2O[C@H]2C1=O. The predicted octanol–water partition coefficient (Wildman–Crippen LogP) is 0.880. The lowest BCUT2D eigenvalue weighted by molar-refractivity contribution is -0.122. The zero-order valence-electron chi connectivity index (χ0n) is 18.0. The molecule has 2 amide bonds. The van der Waals surface area contributed by atoms with E-state index < -0.39 is 42.0 Å². The minimum atomic E-state index is -1.56. The molecule has 2 aliphatic rings. The van der Waals surface area contributed by atoms with Crippen LogP contribution >= 0.6 is 0 Å². The molecule has 5 N–H and O–H groups in total. The highest BCUT2D eigenvalue weighted by Crippen LogP contribution is 2.42. The van der Waals surface area contributed by atoms with Crippen molar-refractivity contribution in [2.45, 2.75) is 64.8 Å². The number of primary amides is 1. The van der Waals surface area contributed by atoms with Crippen molar-refractivity contribution < 1.29 is 29.3 Å². The molecule has 1 saturated heterocycles. The summed E-state index contributed by atoms with van der Waals surface area (Å²) in [6.07, 6.45) is 4.16. The molecule has 0 spiro atoms. The summed E-state index contributed by atoms with van der Waals surface area (Å²) < 4.78 is 5.25. The molecule has 0 aromatic heterocycles. The van der Waals surface area contributed by atoms with Crippen molar-refractivity contribution in [3.63, 3.8) is 0 Å². The highest BCUT2D eigenvalue weighted by Gasteiger charge is 2.60. The molecule has 8 heteroatoms. The van der Waals surface area contributed by atoms with E-state index >= 15 is 0 Å². The van der Waals surface area contributed by atoms with E-state index in [0.717, 1.165) is 6.42 Å². The van der Waals surface area contributed by atoms with Gasteiger partial charge in [0.2, 0.25) is 11.7 Å². The molecule has 30 heavy (non-hydrogen) atoms. The fourth-order valence-corrected chi connectivity index (χ4v) is 3.92. The van der Waals surface area contributed by atoms with Crippen LogP contribution < -0.4 is 11.1 Å². The molecule has 1 aliphatic carbocycles. The summed E-state index contributed by atoms with van der Waals surface area (Å²) in [5, 5.41) is 22.9. The Bertz CT molecular complexity index is 795. The second-order valence-electron chi connectivity index (χ2n) is 8.60. The van der Waals surface area contributed by atoms with Crippen LogP contribution in [0.25, 0.3) is 0 Å². The average Bonchev–Trinajstić information content (AvgIpc) is 3.43. The summed E-state index contributed by atoms with van der Waals surface area (Å²) >= 11 is 0. The van der Waals surface area contributed by atoms with Crippen molar-refractivity contribution in [2.24, 2.45) is 17.6 Å². The predicted molar refractivity (Wildman–Crippen MR) is 111 cm³/mol. The number of fused-ring (bicyclic) bond motifs is 1. The normalized spacial score (nSPS) is 27.5. The Morgan fingerprint density at radius 2 is 1.93 bits per heavy atom. The third-order valence-corrected chi connectivity index (χ3v) is 5.23. The first-order chi connectivity index (χ1) is 14.0. The first-order valence-corrected chi connectivity index (χ1v) is 10.2. The third kappa shape index (κ3) is 6.10. The number of Topliss-reactive ketones (excluding diaryl/α,β-unsaturated/α-hetero) is 1. The molecule has 0 aromatic carbocycles. The summed E-state index contributed by atoms with van der Waals surface area (Å²) in [7, 11) is 0. The van der Waals surface area contributed by atoms with Gasteiger partial charge in [-0.3, -0.25) is 14.4 Å². The summed E-state index contributed by atoms with van der Waals surface area (Å²) in [5.74, 6) is -1.30. The van der Waals surface area contributed by atoms with Crippen LogP contribution in [0, 0.1) is 11.8 Å². The number of hydrogen-bond donors (Lipinski definition) is 4. The Balaban J connectivity index is 2.11. The molecule has 0 radical (unpaired) electrons. The molecule has 166 valence electrons. The highest BCUT2D eigenvalue weighted by atomic mass is 16.6. The number of epoxide rings is 1. The Labute approximate surface area is 176 Å². The molecular weight excluding hydrogens is 388 g/mol. The number of carbonyl (C=O) groups excluding carboxylic acids is 3. The lowest BCUT2D eigenvalue weighted by Gasteiger charge is -2.26. The molecule has 1 aliphatic heterocycles. The molecular formula is C22H32N2O6. The molecule has 0 bridgehead atoms. The van der Waals surface area contributed by atoms with Crippen LogP contribution in [-0.2, 0) is 19.1 Å². The van der Waals surface area contributed by atoms with Gasteiger partial charge in [-0.2, -0.15) is 0 Å². The van der Waals surface area contributed by atoms with Gasteiger partial charge < -0.3 is 26.0 Å². The Hall–Kier alpha value is -2.29. The van der Waals surface area contributed by atoms with E-state index in [-0.39, 0.29) is 30.0 Å². The van der Waals surface area contributed by atoms with Gasteiger partial charge in [-0.25, -0.2) is 0 Å². The second-order valence-corrected chi connectivity index (χ2v) is 8.60. The number of amides is 2. The summed E-state index contributed by atoms with van der Waals surface area (Å²) in [6.45, 7) is 7.60. The molecule has 8 nitrogen and oxygen atoms in total. The third-order valence-electron chi connectivity index (χ3n) is 5.23. The average molecular weight is 421 g/mol. The van der Waals surface area contributed by atoms with Gasteiger partial charge in [-0.15, -0.1) is 0 Å². The van der Waals surface area contributed by atoms with Crippen LogP contribution in [0.4, 0.5) is 0 Å². The van der Waals surface area contributed by atoms with Crippen LogP contribution in [0.5, 0.6) is 0 Å². The zero-order valence-corrected chi connectivity index (χ0v) is 18.0. The maximum atomic E-state index is 12.6. The standard InChI is InChI=1S/C22H32N2O6/c1-12(2)7-13(3)8-14(4)9-15(11-25)21(28)24-16-10-22(29,6-5-17(23)26)20-19(30-20)18(16)27/h7,9-10,13-14,19-20,25,29H,5-6,8,11H2,1-4H3,(H2,23,26)(H,24,28)/b15-9+/t13-,14-,19-,20-,22+/m0/s1. The second kappa shape index (κ2) is 9.68. The van der Waals surface area contributed by atoms with Gasteiger partial charge in [0.1, 0.15) is 11.7 Å². The lowest BCUT2D eigenvalue weighted by atomic mass is 9.84. The number of ether oxygens (including phenoxy) is 1. The summed E-state index contributed by atoms with van der Waals surface area (Å²) in [5.41, 5.74) is 4.84. The van der Waals surface area contributed by atoms with E-state index in [0.29, 0.717) is 5.92 Å². The number of allylic oxidation sites excluding steroid dienone is 3. The van der Waals surface area contributed by atoms with E-state index in [4.69, 9.17) is 10.5 Å². The minimum absolute atomic E-state index is 0.0157. The topological polar surface area (TPSA) is 142 Å². The maximum absolute atomic E-state index is 12.6. The van der Waals surface area contributed by atoms with Gasteiger partial charge in [-0.05, 0) is 44.6 Å². The van der Waals surface area contributed by atoms with Crippen LogP contribution in [0.1, 0.15) is 47.0 Å². The van der Waals surface area contributed by atoms with Crippen molar-refractivity contribution in [3.8, 4) is 0 Å². The maximum Gasteiger partial charge on any atom is 0.253 e. The number of ketones is 1. The molecule has 0 aromatic rings. The van der Waals surface area contributed by atoms with Gasteiger partial charge in [0, 0.05) is 12.0 Å². The van der Waals surface area contributed by atoms with E-state index in [1.165, 1.54) is 11.6 Å². The number of nitrogens with two attached hydrogens (primary N) is 1. The van der Waals surface area contributed by atoms with Crippen molar-refractivity contribution in [1.82, 2.24) is 5.32 Å². The fraction of sp³-hybridized carbons (Fsp3) is 0.591. The molecule has 0 saturated carbocycles. The quantitative estimate of drug-likeness (QED) is 0.235. The molecule has 1 heterocycles. The zero-order chi connectivity index (χ0) is 22.6. The van der Waals surface area contributed by atoms with Crippen molar-refractivity contribution in [2.75, 3.05) is 6.61 Å². The van der Waals surface area contributed by atoms with Gasteiger partial charge >= 0.3 is 0 Å². The Kier molecular flexibility index (Phi) is 7.74.